The number of nitriles is 1. The van der Waals surface area contributed by atoms with Gasteiger partial charge in [-0.15, -0.1) is 0 Å². The summed E-state index contributed by atoms with van der Waals surface area (Å²) in [4.78, 5) is 0. The Morgan fingerprint density at radius 3 is 2.38 bits per heavy atom. The molecular formula is C16H11FN4. The van der Waals surface area contributed by atoms with Gasteiger partial charge in [0, 0.05) is 5.56 Å². The number of nitrogens with zero attached hydrogens (tertiary/aromatic N) is 3. The Bertz CT molecular complexity index is 831. The maximum absolute atomic E-state index is 13.9. The summed E-state index contributed by atoms with van der Waals surface area (Å²) in [5, 5.41) is 13.6. The van der Waals surface area contributed by atoms with Crippen molar-refractivity contribution in [2.24, 2.45) is 0 Å². The number of para-hydroxylation sites is 1. The van der Waals surface area contributed by atoms with Crippen LogP contribution in [0.5, 0.6) is 0 Å². The Morgan fingerprint density at radius 1 is 1.05 bits per heavy atom. The maximum atomic E-state index is 13.9. The highest BCUT2D eigenvalue weighted by molar-refractivity contribution is 5.73. The van der Waals surface area contributed by atoms with Gasteiger partial charge in [-0.2, -0.15) is 10.4 Å². The zero-order valence-corrected chi connectivity index (χ0v) is 11.0. The molecule has 0 saturated heterocycles. The predicted octanol–water partition coefficient (Wildman–Crippen LogP) is 3.13. The monoisotopic (exact) mass is 278 g/mol. The number of aromatic nitrogens is 2. The van der Waals surface area contributed by atoms with Crippen molar-refractivity contribution in [3.63, 3.8) is 0 Å². The molecule has 5 heteroatoms. The van der Waals surface area contributed by atoms with Gasteiger partial charge in [0.1, 0.15) is 34.6 Å². The highest BCUT2D eigenvalue weighted by atomic mass is 19.1. The van der Waals surface area contributed by atoms with Gasteiger partial charge in [0.05, 0.1) is 0 Å². The lowest BCUT2D eigenvalue weighted by Gasteiger charge is -2.04. The fourth-order valence-electron chi connectivity index (χ4n) is 2.15. The summed E-state index contributed by atoms with van der Waals surface area (Å²) in [5.41, 5.74) is 7.62. The smallest absolute Gasteiger partial charge is 0.148 e. The first-order valence-corrected chi connectivity index (χ1v) is 6.31. The molecule has 102 valence electrons. The average molecular weight is 278 g/mol. The minimum atomic E-state index is -0.448. The van der Waals surface area contributed by atoms with Gasteiger partial charge < -0.3 is 5.73 Å². The summed E-state index contributed by atoms with van der Waals surface area (Å²) in [6.07, 6.45) is 0. The molecular weight excluding hydrogens is 267 g/mol. The second kappa shape index (κ2) is 5.10. The molecule has 3 rings (SSSR count). The summed E-state index contributed by atoms with van der Waals surface area (Å²) in [6.45, 7) is 0. The molecule has 0 atom stereocenters. The third-order valence-corrected chi connectivity index (χ3v) is 3.16. The van der Waals surface area contributed by atoms with Crippen LogP contribution in [0, 0.1) is 17.1 Å². The molecule has 4 nitrogen and oxygen atoms in total. The number of benzene rings is 2. The highest BCUT2D eigenvalue weighted by Crippen LogP contribution is 2.29. The molecule has 1 heterocycles. The molecule has 3 aromatic rings. The van der Waals surface area contributed by atoms with Crippen molar-refractivity contribution in [3.05, 3.63) is 66.0 Å². The molecule has 0 aliphatic heterocycles. The van der Waals surface area contributed by atoms with Crippen LogP contribution in [0.1, 0.15) is 5.56 Å². The summed E-state index contributed by atoms with van der Waals surface area (Å²) in [7, 11) is 0. The molecule has 0 aliphatic rings. The van der Waals surface area contributed by atoms with Gasteiger partial charge in [0.15, 0.2) is 0 Å². The van der Waals surface area contributed by atoms with Crippen molar-refractivity contribution in [2.75, 3.05) is 5.73 Å². The molecule has 0 saturated carbocycles. The minimum absolute atomic E-state index is 0.126. The number of rotatable bonds is 2. The van der Waals surface area contributed by atoms with Crippen molar-refractivity contribution in [2.45, 2.75) is 0 Å². The Hall–Kier alpha value is -3.13. The molecule has 0 aliphatic carbocycles. The van der Waals surface area contributed by atoms with E-state index in [0.29, 0.717) is 5.69 Å². The van der Waals surface area contributed by atoms with Crippen molar-refractivity contribution in [3.8, 4) is 23.0 Å². The standard InChI is InChI=1S/C16H11FN4/c17-13-8-4-5-9-14(13)21-16(19)12(10-18)15(20-21)11-6-2-1-3-7-11/h1-9H,19H2. The molecule has 0 spiro atoms. The van der Waals surface area contributed by atoms with E-state index in [1.807, 2.05) is 36.4 Å². The predicted molar refractivity (Wildman–Crippen MR) is 78.1 cm³/mol. The van der Waals surface area contributed by atoms with E-state index in [-0.39, 0.29) is 17.1 Å². The molecule has 0 unspecified atom stereocenters. The molecule has 0 fully saturated rings. The van der Waals surface area contributed by atoms with Crippen molar-refractivity contribution in [1.82, 2.24) is 9.78 Å². The van der Waals surface area contributed by atoms with Crippen LogP contribution < -0.4 is 5.73 Å². The van der Waals surface area contributed by atoms with E-state index in [9.17, 15) is 9.65 Å². The first kappa shape index (κ1) is 12.9. The normalized spacial score (nSPS) is 10.3. The molecule has 1 aromatic heterocycles. The van der Waals surface area contributed by atoms with Crippen molar-refractivity contribution < 1.29 is 4.39 Å². The maximum Gasteiger partial charge on any atom is 0.148 e. The number of anilines is 1. The van der Waals surface area contributed by atoms with Crippen LogP contribution >= 0.6 is 0 Å². The van der Waals surface area contributed by atoms with Gasteiger partial charge >= 0.3 is 0 Å². The largest absolute Gasteiger partial charge is 0.382 e. The van der Waals surface area contributed by atoms with Crippen molar-refractivity contribution in [1.29, 1.82) is 5.26 Å². The molecule has 21 heavy (non-hydrogen) atoms. The van der Waals surface area contributed by atoms with Gasteiger partial charge in [-0.25, -0.2) is 9.07 Å². The zero-order chi connectivity index (χ0) is 14.8. The lowest BCUT2D eigenvalue weighted by Crippen LogP contribution is -2.04. The Morgan fingerprint density at radius 2 is 1.71 bits per heavy atom. The third-order valence-electron chi connectivity index (χ3n) is 3.16. The van der Waals surface area contributed by atoms with Crippen LogP contribution in [0.2, 0.25) is 0 Å². The second-order valence-electron chi connectivity index (χ2n) is 4.45. The van der Waals surface area contributed by atoms with E-state index in [4.69, 9.17) is 5.73 Å². The fourth-order valence-corrected chi connectivity index (χ4v) is 2.15. The molecule has 0 radical (unpaired) electrons. The van der Waals surface area contributed by atoms with Crippen LogP contribution in [-0.4, -0.2) is 9.78 Å². The first-order chi connectivity index (χ1) is 10.2. The molecule has 2 aromatic carbocycles. The average Bonchev–Trinajstić information content (AvgIpc) is 2.85. The van der Waals surface area contributed by atoms with Crippen LogP contribution in [-0.2, 0) is 0 Å². The summed E-state index contributed by atoms with van der Waals surface area (Å²) < 4.78 is 15.2. The van der Waals surface area contributed by atoms with E-state index >= 15 is 0 Å². The molecule has 0 bridgehead atoms. The minimum Gasteiger partial charge on any atom is -0.382 e. The SMILES string of the molecule is N#Cc1c(-c2ccccc2)nn(-c2ccccc2F)c1N. The Labute approximate surface area is 120 Å². The Balaban J connectivity index is 2.25. The number of nitrogen functional groups attached to an aromatic ring is 1. The third kappa shape index (κ3) is 2.13. The number of hydrogen-bond donors (Lipinski definition) is 1. The topological polar surface area (TPSA) is 67.6 Å². The van der Waals surface area contributed by atoms with Gasteiger partial charge in [-0.3, -0.25) is 0 Å². The van der Waals surface area contributed by atoms with Crippen LogP contribution in [0.25, 0.3) is 16.9 Å². The van der Waals surface area contributed by atoms with E-state index < -0.39 is 5.82 Å². The van der Waals surface area contributed by atoms with Crippen LogP contribution in [0.4, 0.5) is 10.2 Å². The van der Waals surface area contributed by atoms with Gasteiger partial charge in [0.25, 0.3) is 0 Å². The van der Waals surface area contributed by atoms with E-state index in [1.165, 1.54) is 10.7 Å². The van der Waals surface area contributed by atoms with Crippen LogP contribution in [0.15, 0.2) is 54.6 Å². The molecule has 0 amide bonds. The first-order valence-electron chi connectivity index (χ1n) is 6.31. The fraction of sp³-hybridized carbons (Fsp3) is 0. The summed E-state index contributed by atoms with van der Waals surface area (Å²) in [5.74, 6) is -0.322. The summed E-state index contributed by atoms with van der Waals surface area (Å²) >= 11 is 0. The van der Waals surface area contributed by atoms with Crippen molar-refractivity contribution >= 4 is 5.82 Å². The quantitative estimate of drug-likeness (QED) is 0.783. The molecule has 2 N–H and O–H groups in total. The zero-order valence-electron chi connectivity index (χ0n) is 11.0. The Kier molecular flexibility index (Phi) is 3.13. The number of hydrogen-bond acceptors (Lipinski definition) is 3. The number of halogens is 1. The van der Waals surface area contributed by atoms with E-state index in [1.54, 1.807) is 18.2 Å². The highest BCUT2D eigenvalue weighted by Gasteiger charge is 2.19. The van der Waals surface area contributed by atoms with E-state index in [0.717, 1.165) is 5.56 Å². The number of nitrogens with two attached hydrogens (primary N) is 1. The van der Waals surface area contributed by atoms with E-state index in [2.05, 4.69) is 5.10 Å². The van der Waals surface area contributed by atoms with Gasteiger partial charge in [0.2, 0.25) is 0 Å². The lowest BCUT2D eigenvalue weighted by atomic mass is 10.1. The lowest BCUT2D eigenvalue weighted by molar-refractivity contribution is 0.612. The summed E-state index contributed by atoms with van der Waals surface area (Å²) in [6, 6.07) is 17.4. The second-order valence-corrected chi connectivity index (χ2v) is 4.45. The van der Waals surface area contributed by atoms with Crippen LogP contribution in [0.3, 0.4) is 0 Å². The van der Waals surface area contributed by atoms with Gasteiger partial charge in [-0.05, 0) is 12.1 Å². The van der Waals surface area contributed by atoms with Gasteiger partial charge in [-0.1, -0.05) is 42.5 Å².